The zero-order chi connectivity index (χ0) is 12.4. The molecule has 0 aliphatic heterocycles. The first-order valence-corrected chi connectivity index (χ1v) is 6.32. The summed E-state index contributed by atoms with van der Waals surface area (Å²) >= 11 is 0. The molecule has 1 aromatic carbocycles. The maximum Gasteiger partial charge on any atom is 0.0963 e. The lowest BCUT2D eigenvalue weighted by Crippen LogP contribution is -2.13. The normalized spacial score (nSPS) is 18.2. The third kappa shape index (κ3) is 2.09. The molecule has 1 aliphatic rings. The molecule has 3 heteroatoms. The minimum absolute atomic E-state index is 0.411. The quantitative estimate of drug-likeness (QED) is 0.847. The van der Waals surface area contributed by atoms with E-state index in [1.165, 1.54) is 0 Å². The average molecular weight is 240 g/mol. The van der Waals surface area contributed by atoms with Crippen molar-refractivity contribution in [3.8, 4) is 0 Å². The molecule has 3 rings (SSSR count). The highest BCUT2D eigenvalue weighted by Crippen LogP contribution is 2.33. The maximum atomic E-state index is 9.96. The largest absolute Gasteiger partial charge is 0.387 e. The molecule has 0 radical (unpaired) electrons. The number of fused-ring (bicyclic) bond motifs is 1. The van der Waals surface area contributed by atoms with E-state index >= 15 is 0 Å². The van der Waals surface area contributed by atoms with E-state index in [-0.39, 0.29) is 0 Å². The number of aliphatic hydroxyl groups is 1. The molecule has 1 aromatic heterocycles. The van der Waals surface area contributed by atoms with Crippen molar-refractivity contribution >= 4 is 11.4 Å². The zero-order valence-electron chi connectivity index (χ0n) is 10.1. The van der Waals surface area contributed by atoms with Gasteiger partial charge in [-0.3, -0.25) is 4.98 Å². The molecule has 1 heterocycles. The molecule has 0 bridgehead atoms. The van der Waals surface area contributed by atoms with Crippen molar-refractivity contribution in [1.29, 1.82) is 0 Å². The Labute approximate surface area is 107 Å². The van der Waals surface area contributed by atoms with Gasteiger partial charge in [-0.05, 0) is 43.0 Å². The molecule has 1 atom stereocenters. The van der Waals surface area contributed by atoms with Crippen molar-refractivity contribution in [3.63, 3.8) is 0 Å². The minimum Gasteiger partial charge on any atom is -0.387 e. The summed E-state index contributed by atoms with van der Waals surface area (Å²) in [6, 6.07) is 12.1. The van der Waals surface area contributed by atoms with Gasteiger partial charge in [-0.1, -0.05) is 18.2 Å². The van der Waals surface area contributed by atoms with Gasteiger partial charge in [-0.25, -0.2) is 0 Å². The Kier molecular flexibility index (Phi) is 2.99. The number of pyridine rings is 1. The Balaban J connectivity index is 1.96. The van der Waals surface area contributed by atoms with Crippen LogP contribution >= 0.6 is 0 Å². The van der Waals surface area contributed by atoms with Gasteiger partial charge in [0.15, 0.2) is 0 Å². The average Bonchev–Trinajstić information content (AvgIpc) is 2.41. The van der Waals surface area contributed by atoms with E-state index in [2.05, 4.69) is 10.3 Å². The van der Waals surface area contributed by atoms with Gasteiger partial charge < -0.3 is 10.4 Å². The molecule has 2 N–H and O–H groups in total. The molecule has 0 saturated heterocycles. The number of hydrogen-bond acceptors (Lipinski definition) is 3. The number of nitrogens with zero attached hydrogens (tertiary/aromatic N) is 1. The number of benzene rings is 1. The van der Waals surface area contributed by atoms with Crippen LogP contribution in [0.2, 0.25) is 0 Å². The van der Waals surface area contributed by atoms with Gasteiger partial charge in [0, 0.05) is 17.6 Å². The Morgan fingerprint density at radius 1 is 1.17 bits per heavy atom. The van der Waals surface area contributed by atoms with Gasteiger partial charge in [0.25, 0.3) is 0 Å². The number of hydrogen-bond donors (Lipinski definition) is 2. The van der Waals surface area contributed by atoms with Crippen LogP contribution < -0.4 is 5.32 Å². The molecule has 18 heavy (non-hydrogen) atoms. The van der Waals surface area contributed by atoms with Crippen LogP contribution in [0, 0.1) is 0 Å². The van der Waals surface area contributed by atoms with Crippen LogP contribution in [0.5, 0.6) is 0 Å². The Bertz CT molecular complexity index is 539. The molecule has 0 spiro atoms. The molecule has 1 aliphatic carbocycles. The molecule has 1 unspecified atom stereocenters. The summed E-state index contributed by atoms with van der Waals surface area (Å²) < 4.78 is 0. The van der Waals surface area contributed by atoms with Crippen LogP contribution in [-0.2, 0) is 6.42 Å². The summed E-state index contributed by atoms with van der Waals surface area (Å²) in [7, 11) is 0. The maximum absolute atomic E-state index is 9.96. The third-order valence-corrected chi connectivity index (χ3v) is 3.36. The lowest BCUT2D eigenvalue weighted by atomic mass is 9.92. The summed E-state index contributed by atoms with van der Waals surface area (Å²) in [5, 5.41) is 13.4. The lowest BCUT2D eigenvalue weighted by Gasteiger charge is -2.23. The molecule has 92 valence electrons. The number of aromatic nitrogens is 1. The van der Waals surface area contributed by atoms with E-state index in [1.54, 1.807) is 6.20 Å². The Morgan fingerprint density at radius 2 is 2.00 bits per heavy atom. The van der Waals surface area contributed by atoms with Crippen LogP contribution in [0.15, 0.2) is 42.6 Å². The van der Waals surface area contributed by atoms with Gasteiger partial charge in [-0.15, -0.1) is 0 Å². The van der Waals surface area contributed by atoms with Gasteiger partial charge in [0.2, 0.25) is 0 Å². The lowest BCUT2D eigenvalue weighted by molar-refractivity contribution is 0.151. The van der Waals surface area contributed by atoms with Crippen LogP contribution in [0.4, 0.5) is 11.4 Å². The predicted molar refractivity (Wildman–Crippen MR) is 71.9 cm³/mol. The van der Waals surface area contributed by atoms with Crippen molar-refractivity contribution in [2.75, 3.05) is 5.32 Å². The SMILES string of the molecule is OC1CCCc2c(Nc3ccccc3)ccnc21. The van der Waals surface area contributed by atoms with Gasteiger partial charge in [0.1, 0.15) is 0 Å². The fourth-order valence-electron chi connectivity index (χ4n) is 2.46. The van der Waals surface area contributed by atoms with E-state index in [0.29, 0.717) is 0 Å². The predicted octanol–water partition coefficient (Wildman–Crippen LogP) is 3.19. The fourth-order valence-corrected chi connectivity index (χ4v) is 2.46. The van der Waals surface area contributed by atoms with E-state index in [9.17, 15) is 5.11 Å². The first-order valence-electron chi connectivity index (χ1n) is 6.32. The summed E-state index contributed by atoms with van der Waals surface area (Å²) in [4.78, 5) is 4.31. The first kappa shape index (κ1) is 11.2. The molecule has 0 fully saturated rings. The summed E-state index contributed by atoms with van der Waals surface area (Å²) in [5.41, 5.74) is 4.11. The highest BCUT2D eigenvalue weighted by atomic mass is 16.3. The highest BCUT2D eigenvalue weighted by Gasteiger charge is 2.21. The standard InChI is InChI=1S/C15H16N2O/c18-14-8-4-7-12-13(9-10-16-15(12)14)17-11-5-2-1-3-6-11/h1-3,5-6,9-10,14,18H,4,7-8H2,(H,16,17). The highest BCUT2D eigenvalue weighted by molar-refractivity contribution is 5.64. The number of anilines is 2. The topological polar surface area (TPSA) is 45.1 Å². The van der Waals surface area contributed by atoms with Crippen LogP contribution in [0.25, 0.3) is 0 Å². The molecule has 3 nitrogen and oxygen atoms in total. The number of para-hydroxylation sites is 1. The van der Waals surface area contributed by atoms with Crippen molar-refractivity contribution < 1.29 is 5.11 Å². The molecule has 0 saturated carbocycles. The Hall–Kier alpha value is -1.87. The van der Waals surface area contributed by atoms with E-state index in [0.717, 1.165) is 41.9 Å². The van der Waals surface area contributed by atoms with Gasteiger partial charge in [0.05, 0.1) is 11.8 Å². The van der Waals surface area contributed by atoms with Gasteiger partial charge in [-0.2, -0.15) is 0 Å². The monoisotopic (exact) mass is 240 g/mol. The first-order chi connectivity index (χ1) is 8.84. The number of aliphatic hydroxyl groups excluding tert-OH is 1. The minimum atomic E-state index is -0.411. The molecular formula is C15H16N2O. The summed E-state index contributed by atoms with van der Waals surface area (Å²) in [6.07, 6.45) is 4.16. The number of rotatable bonds is 2. The Morgan fingerprint density at radius 3 is 2.83 bits per heavy atom. The van der Waals surface area contributed by atoms with Crippen molar-refractivity contribution in [3.05, 3.63) is 53.9 Å². The summed E-state index contributed by atoms with van der Waals surface area (Å²) in [5.74, 6) is 0. The van der Waals surface area contributed by atoms with Crippen LogP contribution in [-0.4, -0.2) is 10.1 Å². The van der Waals surface area contributed by atoms with E-state index in [4.69, 9.17) is 0 Å². The van der Waals surface area contributed by atoms with Gasteiger partial charge >= 0.3 is 0 Å². The molecule has 2 aromatic rings. The second kappa shape index (κ2) is 4.78. The number of nitrogens with one attached hydrogen (secondary N) is 1. The van der Waals surface area contributed by atoms with Crippen molar-refractivity contribution in [2.45, 2.75) is 25.4 Å². The second-order valence-electron chi connectivity index (χ2n) is 4.62. The zero-order valence-corrected chi connectivity index (χ0v) is 10.1. The molecule has 0 amide bonds. The van der Waals surface area contributed by atoms with E-state index in [1.807, 2.05) is 36.4 Å². The third-order valence-electron chi connectivity index (χ3n) is 3.36. The second-order valence-corrected chi connectivity index (χ2v) is 4.62. The smallest absolute Gasteiger partial charge is 0.0963 e. The van der Waals surface area contributed by atoms with E-state index < -0.39 is 6.10 Å². The molecular weight excluding hydrogens is 224 g/mol. The van der Waals surface area contributed by atoms with Crippen molar-refractivity contribution in [2.24, 2.45) is 0 Å². The van der Waals surface area contributed by atoms with Crippen LogP contribution in [0.3, 0.4) is 0 Å². The fraction of sp³-hybridized carbons (Fsp3) is 0.267. The summed E-state index contributed by atoms with van der Waals surface area (Å²) in [6.45, 7) is 0. The van der Waals surface area contributed by atoms with Crippen molar-refractivity contribution in [1.82, 2.24) is 4.98 Å². The van der Waals surface area contributed by atoms with Crippen LogP contribution in [0.1, 0.15) is 30.2 Å².